The van der Waals surface area contributed by atoms with Crippen LogP contribution in [0.25, 0.3) is 0 Å². The van der Waals surface area contributed by atoms with E-state index in [0.29, 0.717) is 6.10 Å². The predicted molar refractivity (Wildman–Crippen MR) is 79.6 cm³/mol. The number of nitrogens with zero attached hydrogens (tertiary/aromatic N) is 1. The van der Waals surface area contributed by atoms with Crippen LogP contribution in [0.2, 0.25) is 0 Å². The van der Waals surface area contributed by atoms with Gasteiger partial charge in [0.1, 0.15) is 5.82 Å². The maximum Gasteiger partial charge on any atom is 0.123 e. The van der Waals surface area contributed by atoms with Crippen LogP contribution in [0.4, 0.5) is 4.39 Å². The number of methoxy groups -OCH3 is 1. The van der Waals surface area contributed by atoms with Crippen molar-refractivity contribution in [1.29, 1.82) is 0 Å². The zero-order chi connectivity index (χ0) is 14.7. The molecule has 2 fully saturated rings. The van der Waals surface area contributed by atoms with Gasteiger partial charge in [0.05, 0.1) is 12.7 Å². The Balaban J connectivity index is 1.69. The third kappa shape index (κ3) is 3.28. The Labute approximate surface area is 126 Å². The Morgan fingerprint density at radius 2 is 2.19 bits per heavy atom. The molecule has 0 bridgehead atoms. The van der Waals surface area contributed by atoms with Crippen molar-refractivity contribution in [1.82, 2.24) is 4.90 Å². The average molecular weight is 293 g/mol. The number of benzene rings is 1. The van der Waals surface area contributed by atoms with E-state index in [0.717, 1.165) is 45.7 Å². The van der Waals surface area contributed by atoms with Gasteiger partial charge in [-0.25, -0.2) is 4.39 Å². The minimum atomic E-state index is -0.172. The highest BCUT2D eigenvalue weighted by atomic mass is 19.1. The van der Waals surface area contributed by atoms with Gasteiger partial charge in [-0.3, -0.25) is 4.90 Å². The number of hydrogen-bond donors (Lipinski definition) is 0. The molecular formula is C17H24FNO2. The maximum absolute atomic E-state index is 13.0. The highest BCUT2D eigenvalue weighted by Crippen LogP contribution is 2.40. The molecule has 0 spiro atoms. The molecule has 116 valence electrons. The summed E-state index contributed by atoms with van der Waals surface area (Å²) in [5, 5.41) is 0. The molecular weight excluding hydrogens is 269 g/mol. The molecule has 0 aromatic heterocycles. The highest BCUT2D eigenvalue weighted by molar-refractivity contribution is 5.16. The van der Waals surface area contributed by atoms with Crippen LogP contribution in [0.5, 0.6) is 0 Å². The predicted octanol–water partition coefficient (Wildman–Crippen LogP) is 2.84. The normalized spacial score (nSPS) is 30.1. The number of likely N-dealkylation sites (tertiary alicyclic amines) is 1. The van der Waals surface area contributed by atoms with E-state index in [9.17, 15) is 4.39 Å². The number of rotatable bonds is 4. The van der Waals surface area contributed by atoms with E-state index in [1.54, 1.807) is 7.11 Å². The number of ether oxygens (including phenoxy) is 2. The van der Waals surface area contributed by atoms with Crippen molar-refractivity contribution >= 4 is 0 Å². The number of halogens is 1. The number of fused-ring (bicyclic) bond motifs is 1. The molecule has 2 atom stereocenters. The van der Waals surface area contributed by atoms with Crippen molar-refractivity contribution in [3.63, 3.8) is 0 Å². The van der Waals surface area contributed by atoms with E-state index in [1.807, 2.05) is 12.1 Å². The smallest absolute Gasteiger partial charge is 0.123 e. The van der Waals surface area contributed by atoms with Gasteiger partial charge in [0.15, 0.2) is 0 Å². The van der Waals surface area contributed by atoms with Gasteiger partial charge in [-0.05, 0) is 37.0 Å². The Morgan fingerprint density at radius 1 is 1.38 bits per heavy atom. The van der Waals surface area contributed by atoms with Crippen molar-refractivity contribution in [2.45, 2.75) is 31.9 Å². The SMILES string of the molecule is COC[C@]12CCCO[C@@H]1CCN(Cc1ccc(F)cc1)C2. The molecule has 2 aliphatic heterocycles. The summed E-state index contributed by atoms with van der Waals surface area (Å²) < 4.78 is 24.5. The van der Waals surface area contributed by atoms with Crippen LogP contribution < -0.4 is 0 Å². The molecule has 0 aliphatic carbocycles. The molecule has 2 heterocycles. The summed E-state index contributed by atoms with van der Waals surface area (Å²) in [7, 11) is 1.78. The van der Waals surface area contributed by atoms with Gasteiger partial charge in [0.2, 0.25) is 0 Å². The Morgan fingerprint density at radius 3 is 2.95 bits per heavy atom. The van der Waals surface area contributed by atoms with Crippen LogP contribution in [0.3, 0.4) is 0 Å². The molecule has 0 saturated carbocycles. The van der Waals surface area contributed by atoms with Gasteiger partial charge >= 0.3 is 0 Å². The summed E-state index contributed by atoms with van der Waals surface area (Å²) in [6.07, 6.45) is 3.68. The second-order valence-corrected chi connectivity index (χ2v) is 6.38. The first-order valence-corrected chi connectivity index (χ1v) is 7.79. The van der Waals surface area contributed by atoms with E-state index < -0.39 is 0 Å². The van der Waals surface area contributed by atoms with Gasteiger partial charge < -0.3 is 9.47 Å². The standard InChI is InChI=1S/C17H24FNO2/c1-20-13-17-8-2-10-21-16(17)7-9-19(12-17)11-14-3-5-15(18)6-4-14/h3-6,16H,2,7-13H2,1H3/t16-,17-/m1/s1. The van der Waals surface area contributed by atoms with Crippen molar-refractivity contribution in [3.8, 4) is 0 Å². The van der Waals surface area contributed by atoms with Crippen LogP contribution in [0.15, 0.2) is 24.3 Å². The lowest BCUT2D eigenvalue weighted by atomic mass is 9.73. The molecule has 2 saturated heterocycles. The molecule has 21 heavy (non-hydrogen) atoms. The van der Waals surface area contributed by atoms with E-state index in [4.69, 9.17) is 9.47 Å². The summed E-state index contributed by atoms with van der Waals surface area (Å²) in [5.41, 5.74) is 1.30. The van der Waals surface area contributed by atoms with Gasteiger partial charge in [-0.1, -0.05) is 12.1 Å². The zero-order valence-corrected chi connectivity index (χ0v) is 12.7. The topological polar surface area (TPSA) is 21.7 Å². The maximum atomic E-state index is 13.0. The molecule has 1 aromatic rings. The minimum Gasteiger partial charge on any atom is -0.384 e. The van der Waals surface area contributed by atoms with Gasteiger partial charge in [-0.2, -0.15) is 0 Å². The molecule has 0 unspecified atom stereocenters. The molecule has 0 amide bonds. The zero-order valence-electron chi connectivity index (χ0n) is 12.7. The van der Waals surface area contributed by atoms with Crippen molar-refractivity contribution < 1.29 is 13.9 Å². The summed E-state index contributed by atoms with van der Waals surface area (Å²) in [4.78, 5) is 2.46. The van der Waals surface area contributed by atoms with Crippen LogP contribution in [-0.2, 0) is 16.0 Å². The summed E-state index contributed by atoms with van der Waals surface area (Å²) in [6, 6.07) is 6.83. The first kappa shape index (κ1) is 14.9. The van der Waals surface area contributed by atoms with Crippen molar-refractivity contribution in [2.24, 2.45) is 5.41 Å². The average Bonchev–Trinajstić information content (AvgIpc) is 2.49. The Kier molecular flexibility index (Phi) is 4.57. The third-order valence-corrected chi connectivity index (χ3v) is 4.82. The fraction of sp³-hybridized carbons (Fsp3) is 0.647. The molecule has 4 heteroatoms. The van der Waals surface area contributed by atoms with Crippen LogP contribution in [-0.4, -0.2) is 44.4 Å². The lowest BCUT2D eigenvalue weighted by molar-refractivity contribution is -0.149. The first-order valence-electron chi connectivity index (χ1n) is 7.79. The second kappa shape index (κ2) is 6.42. The fourth-order valence-electron chi connectivity index (χ4n) is 3.86. The molecule has 0 N–H and O–H groups in total. The van der Waals surface area contributed by atoms with Crippen LogP contribution in [0.1, 0.15) is 24.8 Å². The highest BCUT2D eigenvalue weighted by Gasteiger charge is 2.45. The van der Waals surface area contributed by atoms with Gasteiger partial charge in [0.25, 0.3) is 0 Å². The van der Waals surface area contributed by atoms with Gasteiger partial charge in [-0.15, -0.1) is 0 Å². The Hall–Kier alpha value is -0.970. The monoisotopic (exact) mass is 293 g/mol. The van der Waals surface area contributed by atoms with E-state index >= 15 is 0 Å². The van der Waals surface area contributed by atoms with Crippen LogP contribution in [0, 0.1) is 11.2 Å². The summed E-state index contributed by atoms with van der Waals surface area (Å²) in [6.45, 7) is 4.56. The van der Waals surface area contributed by atoms with Crippen molar-refractivity contribution in [2.75, 3.05) is 33.4 Å². The lowest BCUT2D eigenvalue weighted by Gasteiger charge is -2.50. The molecule has 2 aliphatic rings. The largest absolute Gasteiger partial charge is 0.384 e. The molecule has 0 radical (unpaired) electrons. The fourth-order valence-corrected chi connectivity index (χ4v) is 3.86. The van der Waals surface area contributed by atoms with Crippen molar-refractivity contribution in [3.05, 3.63) is 35.6 Å². The number of hydrogen-bond acceptors (Lipinski definition) is 3. The van der Waals surface area contributed by atoms with Crippen LogP contribution >= 0.6 is 0 Å². The minimum absolute atomic E-state index is 0.130. The summed E-state index contributed by atoms with van der Waals surface area (Å²) >= 11 is 0. The molecule has 1 aromatic carbocycles. The quantitative estimate of drug-likeness (QED) is 0.852. The van der Waals surface area contributed by atoms with E-state index in [1.165, 1.54) is 24.1 Å². The second-order valence-electron chi connectivity index (χ2n) is 6.38. The lowest BCUT2D eigenvalue weighted by Crippen LogP contribution is -2.56. The molecule has 3 nitrogen and oxygen atoms in total. The number of piperidine rings is 1. The van der Waals surface area contributed by atoms with Gasteiger partial charge in [0, 0.05) is 38.8 Å². The van der Waals surface area contributed by atoms with E-state index in [-0.39, 0.29) is 11.2 Å². The van der Waals surface area contributed by atoms with E-state index in [2.05, 4.69) is 4.90 Å². The first-order chi connectivity index (χ1) is 10.2. The Bertz CT molecular complexity index is 460. The third-order valence-electron chi connectivity index (χ3n) is 4.82. The molecule has 3 rings (SSSR count). The summed E-state index contributed by atoms with van der Waals surface area (Å²) in [5.74, 6) is -0.172.